The highest BCUT2D eigenvalue weighted by Gasteiger charge is 2.18. The third kappa shape index (κ3) is 2.66. The van der Waals surface area contributed by atoms with Crippen molar-refractivity contribution >= 4 is 0 Å². The zero-order valence-corrected chi connectivity index (χ0v) is 11.2. The number of hydrogen-bond donors (Lipinski definition) is 1. The Kier molecular flexibility index (Phi) is 3.55. The van der Waals surface area contributed by atoms with Crippen LogP contribution < -0.4 is 5.32 Å². The molecular formula is C14H19N5. The van der Waals surface area contributed by atoms with Crippen molar-refractivity contribution in [2.75, 3.05) is 13.1 Å². The normalized spacial score (nSPS) is 19.5. The van der Waals surface area contributed by atoms with E-state index in [0.717, 1.165) is 36.6 Å². The number of aromatic nitrogens is 4. The SMILES string of the molecule is Cn1nccc1-c1nccnc1CC1CCCNC1. The van der Waals surface area contributed by atoms with Crippen LogP contribution in [0.15, 0.2) is 24.7 Å². The van der Waals surface area contributed by atoms with Crippen LogP contribution >= 0.6 is 0 Å². The van der Waals surface area contributed by atoms with Gasteiger partial charge >= 0.3 is 0 Å². The highest BCUT2D eigenvalue weighted by molar-refractivity contribution is 5.56. The number of nitrogens with zero attached hydrogens (tertiary/aromatic N) is 4. The second kappa shape index (κ2) is 5.48. The number of nitrogens with one attached hydrogen (secondary N) is 1. The number of piperidine rings is 1. The van der Waals surface area contributed by atoms with Crippen LogP contribution in [0.1, 0.15) is 18.5 Å². The summed E-state index contributed by atoms with van der Waals surface area (Å²) in [5, 5.41) is 7.67. The molecule has 0 spiro atoms. The fraction of sp³-hybridized carbons (Fsp3) is 0.500. The monoisotopic (exact) mass is 257 g/mol. The molecule has 1 aliphatic rings. The molecule has 1 unspecified atom stereocenters. The van der Waals surface area contributed by atoms with E-state index >= 15 is 0 Å². The minimum Gasteiger partial charge on any atom is -0.316 e. The van der Waals surface area contributed by atoms with Crippen molar-refractivity contribution in [1.82, 2.24) is 25.1 Å². The van der Waals surface area contributed by atoms with Crippen molar-refractivity contribution in [1.29, 1.82) is 0 Å². The molecule has 0 amide bonds. The van der Waals surface area contributed by atoms with Crippen LogP contribution in [0.3, 0.4) is 0 Å². The first kappa shape index (κ1) is 12.3. The van der Waals surface area contributed by atoms with Crippen LogP contribution in [-0.2, 0) is 13.5 Å². The number of rotatable bonds is 3. The highest BCUT2D eigenvalue weighted by atomic mass is 15.3. The summed E-state index contributed by atoms with van der Waals surface area (Å²) in [6, 6.07) is 1.99. The molecule has 19 heavy (non-hydrogen) atoms. The molecule has 5 nitrogen and oxygen atoms in total. The molecule has 0 aliphatic carbocycles. The van der Waals surface area contributed by atoms with Crippen LogP contribution in [0.25, 0.3) is 11.4 Å². The molecule has 1 N–H and O–H groups in total. The average molecular weight is 257 g/mol. The number of hydrogen-bond acceptors (Lipinski definition) is 4. The first-order valence-corrected chi connectivity index (χ1v) is 6.83. The predicted molar refractivity (Wildman–Crippen MR) is 73.5 cm³/mol. The van der Waals surface area contributed by atoms with E-state index in [2.05, 4.69) is 20.4 Å². The molecule has 0 radical (unpaired) electrons. The smallest absolute Gasteiger partial charge is 0.110 e. The third-order valence-electron chi connectivity index (χ3n) is 3.72. The Balaban J connectivity index is 1.87. The quantitative estimate of drug-likeness (QED) is 0.903. The highest BCUT2D eigenvalue weighted by Crippen LogP contribution is 2.23. The summed E-state index contributed by atoms with van der Waals surface area (Å²) in [5.41, 5.74) is 3.08. The van der Waals surface area contributed by atoms with Crippen molar-refractivity contribution in [3.8, 4) is 11.4 Å². The fourth-order valence-corrected chi connectivity index (χ4v) is 2.71. The van der Waals surface area contributed by atoms with E-state index in [9.17, 15) is 0 Å². The Morgan fingerprint density at radius 3 is 2.95 bits per heavy atom. The van der Waals surface area contributed by atoms with Gasteiger partial charge in [0.05, 0.1) is 11.4 Å². The van der Waals surface area contributed by atoms with E-state index in [-0.39, 0.29) is 0 Å². The van der Waals surface area contributed by atoms with Gasteiger partial charge in [0.25, 0.3) is 0 Å². The average Bonchev–Trinajstić information content (AvgIpc) is 2.87. The van der Waals surface area contributed by atoms with E-state index in [0.29, 0.717) is 5.92 Å². The molecule has 2 aromatic heterocycles. The first-order valence-electron chi connectivity index (χ1n) is 6.83. The van der Waals surface area contributed by atoms with Gasteiger partial charge in [-0.3, -0.25) is 14.6 Å². The van der Waals surface area contributed by atoms with Crippen LogP contribution in [0.2, 0.25) is 0 Å². The lowest BCUT2D eigenvalue weighted by molar-refractivity contribution is 0.373. The molecule has 0 aromatic carbocycles. The van der Waals surface area contributed by atoms with E-state index in [1.807, 2.05) is 17.8 Å². The van der Waals surface area contributed by atoms with Gasteiger partial charge in [-0.25, -0.2) is 0 Å². The maximum Gasteiger partial charge on any atom is 0.110 e. The lowest BCUT2D eigenvalue weighted by Gasteiger charge is -2.22. The van der Waals surface area contributed by atoms with Crippen molar-refractivity contribution in [2.24, 2.45) is 13.0 Å². The number of aryl methyl sites for hydroxylation is 1. The molecule has 1 saturated heterocycles. The van der Waals surface area contributed by atoms with Gasteiger partial charge in [-0.05, 0) is 44.3 Å². The van der Waals surface area contributed by atoms with Gasteiger partial charge < -0.3 is 5.32 Å². The fourth-order valence-electron chi connectivity index (χ4n) is 2.71. The Labute approximate surface area is 113 Å². The van der Waals surface area contributed by atoms with Crippen molar-refractivity contribution < 1.29 is 0 Å². The third-order valence-corrected chi connectivity index (χ3v) is 3.72. The molecule has 5 heteroatoms. The van der Waals surface area contributed by atoms with Gasteiger partial charge in [-0.2, -0.15) is 5.10 Å². The summed E-state index contributed by atoms with van der Waals surface area (Å²) in [7, 11) is 1.94. The van der Waals surface area contributed by atoms with E-state index in [4.69, 9.17) is 0 Å². The van der Waals surface area contributed by atoms with Gasteiger partial charge in [0.1, 0.15) is 5.69 Å². The van der Waals surface area contributed by atoms with Gasteiger partial charge in [0.2, 0.25) is 0 Å². The van der Waals surface area contributed by atoms with Gasteiger partial charge in [-0.15, -0.1) is 0 Å². The summed E-state index contributed by atoms with van der Waals surface area (Å²) in [6.45, 7) is 2.23. The molecule has 3 heterocycles. The van der Waals surface area contributed by atoms with Crippen LogP contribution in [0.4, 0.5) is 0 Å². The van der Waals surface area contributed by atoms with Gasteiger partial charge in [0.15, 0.2) is 0 Å². The molecule has 0 saturated carbocycles. The van der Waals surface area contributed by atoms with Crippen molar-refractivity contribution in [3.05, 3.63) is 30.4 Å². The minimum absolute atomic E-state index is 0.664. The standard InChI is InChI=1S/C14H19N5/c1-19-13(4-6-18-19)14-12(16-7-8-17-14)9-11-3-2-5-15-10-11/h4,6-8,11,15H,2-3,5,9-10H2,1H3. The van der Waals surface area contributed by atoms with Crippen molar-refractivity contribution in [2.45, 2.75) is 19.3 Å². The second-order valence-electron chi connectivity index (χ2n) is 5.11. The molecular weight excluding hydrogens is 238 g/mol. The maximum absolute atomic E-state index is 4.54. The largest absolute Gasteiger partial charge is 0.316 e. The molecule has 3 rings (SSSR count). The first-order chi connectivity index (χ1) is 9.34. The van der Waals surface area contributed by atoms with E-state index in [1.165, 1.54) is 12.8 Å². The predicted octanol–water partition coefficient (Wildman–Crippen LogP) is 1.42. The minimum atomic E-state index is 0.664. The zero-order chi connectivity index (χ0) is 13.1. The summed E-state index contributed by atoms with van der Waals surface area (Å²) in [4.78, 5) is 9.04. The molecule has 1 atom stereocenters. The van der Waals surface area contributed by atoms with Crippen molar-refractivity contribution in [3.63, 3.8) is 0 Å². The van der Waals surface area contributed by atoms with Crippen LogP contribution in [0.5, 0.6) is 0 Å². The Bertz CT molecular complexity index is 542. The van der Waals surface area contributed by atoms with E-state index < -0.39 is 0 Å². The summed E-state index contributed by atoms with van der Waals surface area (Å²) >= 11 is 0. The van der Waals surface area contributed by atoms with Crippen LogP contribution in [0, 0.1) is 5.92 Å². The summed E-state index contributed by atoms with van der Waals surface area (Å²) in [6.07, 6.45) is 8.86. The molecule has 2 aromatic rings. The molecule has 0 bridgehead atoms. The summed E-state index contributed by atoms with van der Waals surface area (Å²) in [5.74, 6) is 0.664. The Morgan fingerprint density at radius 2 is 2.21 bits per heavy atom. The Morgan fingerprint density at radius 1 is 1.32 bits per heavy atom. The van der Waals surface area contributed by atoms with E-state index in [1.54, 1.807) is 18.6 Å². The summed E-state index contributed by atoms with van der Waals surface area (Å²) < 4.78 is 1.85. The topological polar surface area (TPSA) is 55.6 Å². The Hall–Kier alpha value is -1.75. The lowest BCUT2D eigenvalue weighted by atomic mass is 9.93. The van der Waals surface area contributed by atoms with Gasteiger partial charge in [0, 0.05) is 25.6 Å². The molecule has 100 valence electrons. The lowest BCUT2D eigenvalue weighted by Crippen LogP contribution is -2.31. The van der Waals surface area contributed by atoms with Gasteiger partial charge in [-0.1, -0.05) is 0 Å². The zero-order valence-electron chi connectivity index (χ0n) is 11.2. The molecule has 1 fully saturated rings. The van der Waals surface area contributed by atoms with Crippen LogP contribution in [-0.4, -0.2) is 32.8 Å². The molecule has 1 aliphatic heterocycles. The maximum atomic E-state index is 4.54. The second-order valence-corrected chi connectivity index (χ2v) is 5.11.